The van der Waals surface area contributed by atoms with E-state index in [1.807, 2.05) is 0 Å². The topological polar surface area (TPSA) is 3.24 Å². The largest absolute Gasteiger partial charge is 0.364 e. The monoisotopic (exact) mass is 201 g/mol. The number of rotatable bonds is 1. The van der Waals surface area contributed by atoms with Gasteiger partial charge in [0.2, 0.25) is 0 Å². The van der Waals surface area contributed by atoms with E-state index in [0.29, 0.717) is 0 Å². The molecule has 0 aromatic carbocycles. The normalized spacial score (nSPS) is 21.3. The molecule has 0 spiro atoms. The molecule has 1 rings (SSSR count). The van der Waals surface area contributed by atoms with E-state index in [2.05, 4.69) is 25.8 Å². The van der Waals surface area contributed by atoms with Gasteiger partial charge in [0.1, 0.15) is 0 Å². The summed E-state index contributed by atoms with van der Waals surface area (Å²) in [5.41, 5.74) is 0. The predicted molar refractivity (Wildman–Crippen MR) is 35.6 cm³/mol. The maximum Gasteiger partial charge on any atom is 0 e. The molecule has 0 aromatic heterocycles. The van der Waals surface area contributed by atoms with Crippen molar-refractivity contribution < 1.29 is 32.7 Å². The summed E-state index contributed by atoms with van der Waals surface area (Å²) in [6, 6.07) is 0. The van der Waals surface area contributed by atoms with Crippen LogP contribution in [0, 0.1) is 11.8 Å². The molecular formula is C7H14NY-. The van der Waals surface area contributed by atoms with Crippen LogP contribution in [0.4, 0.5) is 0 Å². The Hall–Kier alpha value is 1.06. The molecule has 0 unspecified atom stereocenters. The van der Waals surface area contributed by atoms with Crippen LogP contribution >= 0.6 is 0 Å². The fraction of sp³-hybridized carbons (Fsp3) is 0.857. The number of hydrogen-bond donors (Lipinski definition) is 0. The number of nitrogens with zero attached hydrogens (tertiary/aromatic N) is 1. The van der Waals surface area contributed by atoms with Crippen molar-refractivity contribution in [3.8, 4) is 0 Å². The van der Waals surface area contributed by atoms with Crippen molar-refractivity contribution in [2.75, 3.05) is 20.1 Å². The van der Waals surface area contributed by atoms with Crippen molar-refractivity contribution in [2.24, 2.45) is 5.92 Å². The van der Waals surface area contributed by atoms with E-state index in [0.717, 1.165) is 5.92 Å². The molecule has 1 aliphatic heterocycles. The minimum absolute atomic E-state index is 0. The molecule has 0 atom stereocenters. The molecule has 0 saturated carbocycles. The first kappa shape index (κ1) is 10.1. The van der Waals surface area contributed by atoms with Gasteiger partial charge in [0.25, 0.3) is 0 Å². The van der Waals surface area contributed by atoms with E-state index in [-0.39, 0.29) is 32.7 Å². The van der Waals surface area contributed by atoms with Crippen molar-refractivity contribution in [2.45, 2.75) is 13.8 Å². The molecule has 1 nitrogen and oxygen atoms in total. The SMILES string of the molecule is CC(C)[C-]1CN(C)C1.[Y]. The van der Waals surface area contributed by atoms with Gasteiger partial charge < -0.3 is 4.90 Å². The van der Waals surface area contributed by atoms with Gasteiger partial charge in [0.15, 0.2) is 0 Å². The molecule has 9 heavy (non-hydrogen) atoms. The first-order valence-electron chi connectivity index (χ1n) is 3.23. The van der Waals surface area contributed by atoms with Gasteiger partial charge in [-0.25, -0.2) is 0 Å². The Kier molecular flexibility index (Phi) is 4.53. The average molecular weight is 201 g/mol. The minimum atomic E-state index is 0. The Morgan fingerprint density at radius 3 is 1.89 bits per heavy atom. The predicted octanol–water partition coefficient (Wildman–Crippen LogP) is 1.16. The molecule has 0 N–H and O–H groups in total. The molecule has 0 aliphatic carbocycles. The van der Waals surface area contributed by atoms with Crippen LogP contribution in [0.3, 0.4) is 0 Å². The molecule has 1 saturated heterocycles. The van der Waals surface area contributed by atoms with Crippen LogP contribution in [0.25, 0.3) is 0 Å². The average Bonchev–Trinajstić information content (AvgIpc) is 1.57. The summed E-state index contributed by atoms with van der Waals surface area (Å²) in [7, 11) is 2.16. The van der Waals surface area contributed by atoms with Crippen LogP contribution in [-0.2, 0) is 32.7 Å². The first-order valence-corrected chi connectivity index (χ1v) is 3.23. The molecule has 1 radical (unpaired) electrons. The van der Waals surface area contributed by atoms with Crippen LogP contribution in [0.1, 0.15) is 13.8 Å². The summed E-state index contributed by atoms with van der Waals surface area (Å²) in [5, 5.41) is 0. The summed E-state index contributed by atoms with van der Waals surface area (Å²) in [4.78, 5) is 2.33. The fourth-order valence-corrected chi connectivity index (χ4v) is 1.01. The van der Waals surface area contributed by atoms with E-state index in [9.17, 15) is 0 Å². The van der Waals surface area contributed by atoms with Gasteiger partial charge >= 0.3 is 0 Å². The molecule has 0 bridgehead atoms. The van der Waals surface area contributed by atoms with E-state index < -0.39 is 0 Å². The summed E-state index contributed by atoms with van der Waals surface area (Å²) < 4.78 is 0. The molecule has 0 amide bonds. The number of hydrogen-bond acceptors (Lipinski definition) is 1. The first-order chi connectivity index (χ1) is 3.70. The summed E-state index contributed by atoms with van der Waals surface area (Å²) in [6.45, 7) is 7.00. The summed E-state index contributed by atoms with van der Waals surface area (Å²) in [6.07, 6.45) is 0. The smallest absolute Gasteiger partial charge is 0 e. The van der Waals surface area contributed by atoms with Crippen molar-refractivity contribution in [3.05, 3.63) is 5.92 Å². The van der Waals surface area contributed by atoms with E-state index in [1.165, 1.54) is 13.1 Å². The van der Waals surface area contributed by atoms with Gasteiger partial charge in [-0.05, 0) is 7.05 Å². The van der Waals surface area contributed by atoms with Crippen molar-refractivity contribution in [3.63, 3.8) is 0 Å². The third kappa shape index (κ3) is 2.65. The maximum absolute atomic E-state index is 2.33. The van der Waals surface area contributed by atoms with Crippen molar-refractivity contribution in [1.29, 1.82) is 0 Å². The van der Waals surface area contributed by atoms with Crippen LogP contribution in [0.15, 0.2) is 0 Å². The second-order valence-electron chi connectivity index (χ2n) is 2.99. The quantitative estimate of drug-likeness (QED) is 0.575. The Balaban J connectivity index is 0.000000640. The summed E-state index contributed by atoms with van der Waals surface area (Å²) in [5.74, 6) is 2.51. The molecule has 1 aliphatic rings. The second kappa shape index (κ2) is 4.05. The summed E-state index contributed by atoms with van der Waals surface area (Å²) >= 11 is 0. The molecule has 0 aromatic rings. The third-order valence-corrected chi connectivity index (χ3v) is 1.76. The second-order valence-corrected chi connectivity index (χ2v) is 2.99. The van der Waals surface area contributed by atoms with Crippen molar-refractivity contribution >= 4 is 0 Å². The van der Waals surface area contributed by atoms with Crippen LogP contribution in [-0.4, -0.2) is 25.0 Å². The van der Waals surface area contributed by atoms with Gasteiger partial charge in [-0.1, -0.05) is 13.8 Å². The molecular weight excluding hydrogens is 187 g/mol. The van der Waals surface area contributed by atoms with Crippen LogP contribution in [0.5, 0.6) is 0 Å². The zero-order chi connectivity index (χ0) is 6.15. The zero-order valence-electron chi connectivity index (χ0n) is 6.52. The standard InChI is InChI=1S/C7H14N.Y/c1-6(2)7-4-8(3)5-7;/h6H,4-5H2,1-3H3;/q-1;. The van der Waals surface area contributed by atoms with Gasteiger partial charge in [0, 0.05) is 32.7 Å². The molecule has 1 fully saturated rings. The molecule has 2 heteroatoms. The van der Waals surface area contributed by atoms with Gasteiger partial charge in [-0.15, -0.1) is 13.1 Å². The number of likely N-dealkylation sites (tertiary alicyclic amines) is 1. The molecule has 51 valence electrons. The molecule has 1 heterocycles. The van der Waals surface area contributed by atoms with E-state index in [4.69, 9.17) is 0 Å². The maximum atomic E-state index is 2.33. The zero-order valence-corrected chi connectivity index (χ0v) is 9.35. The van der Waals surface area contributed by atoms with E-state index >= 15 is 0 Å². The van der Waals surface area contributed by atoms with Crippen LogP contribution < -0.4 is 0 Å². The third-order valence-electron chi connectivity index (χ3n) is 1.76. The van der Waals surface area contributed by atoms with Gasteiger partial charge in [-0.3, -0.25) is 5.92 Å². The van der Waals surface area contributed by atoms with Gasteiger partial charge in [0.05, 0.1) is 0 Å². The van der Waals surface area contributed by atoms with Crippen LogP contribution in [0.2, 0.25) is 0 Å². The van der Waals surface area contributed by atoms with Crippen molar-refractivity contribution in [1.82, 2.24) is 4.90 Å². The van der Waals surface area contributed by atoms with E-state index in [1.54, 1.807) is 5.92 Å². The Bertz CT molecular complexity index is 77.0. The van der Waals surface area contributed by atoms with Gasteiger partial charge in [-0.2, -0.15) is 5.92 Å². The Morgan fingerprint density at radius 1 is 1.33 bits per heavy atom. The Labute approximate surface area is 83.1 Å². The fourth-order valence-electron chi connectivity index (χ4n) is 1.01. The minimum Gasteiger partial charge on any atom is -0.364 e. The Morgan fingerprint density at radius 2 is 1.78 bits per heavy atom.